The summed E-state index contributed by atoms with van der Waals surface area (Å²) < 4.78 is 13.9. The number of hydrogen-bond donors (Lipinski definition) is 1. The van der Waals surface area contributed by atoms with E-state index in [1.54, 1.807) is 11.0 Å². The molecule has 2 aromatic rings. The lowest BCUT2D eigenvalue weighted by Gasteiger charge is -2.30. The normalized spacial score (nSPS) is 20.1. The van der Waals surface area contributed by atoms with E-state index in [2.05, 4.69) is 5.32 Å². The lowest BCUT2D eigenvalue weighted by atomic mass is 9.95. The Morgan fingerprint density at radius 2 is 1.88 bits per heavy atom. The Kier molecular flexibility index (Phi) is 3.56. The van der Waals surface area contributed by atoms with E-state index in [0.29, 0.717) is 11.3 Å². The SMILES string of the molecule is O=C1CN(C(=O)C2CC2)[C@@H](c2ccccc2)c2cc(F)ccc2N1. The third-order valence-corrected chi connectivity index (χ3v) is 4.53. The summed E-state index contributed by atoms with van der Waals surface area (Å²) in [5.41, 5.74) is 2.04. The van der Waals surface area contributed by atoms with Gasteiger partial charge in [0.25, 0.3) is 0 Å². The van der Waals surface area contributed by atoms with Crippen molar-refractivity contribution in [2.75, 3.05) is 11.9 Å². The fourth-order valence-corrected chi connectivity index (χ4v) is 3.24. The maximum atomic E-state index is 13.9. The van der Waals surface area contributed by atoms with Gasteiger partial charge in [0.05, 0.1) is 6.04 Å². The Morgan fingerprint density at radius 3 is 2.58 bits per heavy atom. The maximum absolute atomic E-state index is 13.9. The van der Waals surface area contributed by atoms with E-state index in [-0.39, 0.29) is 30.1 Å². The van der Waals surface area contributed by atoms with Crippen molar-refractivity contribution in [2.24, 2.45) is 5.92 Å². The van der Waals surface area contributed by atoms with Crippen LogP contribution in [-0.4, -0.2) is 23.3 Å². The molecule has 2 aliphatic rings. The monoisotopic (exact) mass is 324 g/mol. The summed E-state index contributed by atoms with van der Waals surface area (Å²) in [5, 5.41) is 2.79. The van der Waals surface area contributed by atoms with Gasteiger partial charge in [0.15, 0.2) is 0 Å². The average molecular weight is 324 g/mol. The predicted molar refractivity (Wildman–Crippen MR) is 87.8 cm³/mol. The van der Waals surface area contributed by atoms with Crippen LogP contribution in [0.5, 0.6) is 0 Å². The highest BCUT2D eigenvalue weighted by molar-refractivity contribution is 5.97. The number of amides is 2. The van der Waals surface area contributed by atoms with Gasteiger partial charge in [-0.05, 0) is 36.6 Å². The van der Waals surface area contributed by atoms with Gasteiger partial charge < -0.3 is 10.2 Å². The predicted octanol–water partition coefficient (Wildman–Crippen LogP) is 3.11. The highest BCUT2D eigenvalue weighted by atomic mass is 19.1. The molecule has 1 aliphatic carbocycles. The zero-order valence-corrected chi connectivity index (χ0v) is 13.0. The Hall–Kier alpha value is -2.69. The molecule has 0 spiro atoms. The summed E-state index contributed by atoms with van der Waals surface area (Å²) in [6.07, 6.45) is 1.71. The van der Waals surface area contributed by atoms with Crippen LogP contribution in [0.3, 0.4) is 0 Å². The van der Waals surface area contributed by atoms with Crippen molar-refractivity contribution >= 4 is 17.5 Å². The fourth-order valence-electron chi connectivity index (χ4n) is 3.24. The molecule has 1 heterocycles. The quantitative estimate of drug-likeness (QED) is 0.923. The van der Waals surface area contributed by atoms with Gasteiger partial charge in [-0.1, -0.05) is 30.3 Å². The molecule has 0 radical (unpaired) electrons. The van der Waals surface area contributed by atoms with Crippen LogP contribution < -0.4 is 5.32 Å². The summed E-state index contributed by atoms with van der Waals surface area (Å²) in [4.78, 5) is 26.6. The lowest BCUT2D eigenvalue weighted by Crippen LogP contribution is -2.39. The molecule has 122 valence electrons. The lowest BCUT2D eigenvalue weighted by molar-refractivity contribution is -0.137. The summed E-state index contributed by atoms with van der Waals surface area (Å²) in [5.74, 6) is -0.685. The minimum absolute atomic E-state index is 0.0147. The summed E-state index contributed by atoms with van der Waals surface area (Å²) in [6, 6.07) is 13.3. The van der Waals surface area contributed by atoms with Crippen LogP contribution in [0.25, 0.3) is 0 Å². The van der Waals surface area contributed by atoms with Gasteiger partial charge in [0, 0.05) is 17.2 Å². The molecule has 4 nitrogen and oxygen atoms in total. The van der Waals surface area contributed by atoms with Crippen LogP contribution in [0.4, 0.5) is 10.1 Å². The topological polar surface area (TPSA) is 49.4 Å². The smallest absolute Gasteiger partial charge is 0.244 e. The van der Waals surface area contributed by atoms with E-state index in [9.17, 15) is 14.0 Å². The van der Waals surface area contributed by atoms with E-state index in [0.717, 1.165) is 18.4 Å². The first-order valence-electron chi connectivity index (χ1n) is 8.08. The Balaban J connectivity index is 1.88. The molecule has 1 saturated carbocycles. The molecule has 1 aliphatic heterocycles. The van der Waals surface area contributed by atoms with Gasteiger partial charge in [-0.25, -0.2) is 4.39 Å². The molecule has 1 N–H and O–H groups in total. The maximum Gasteiger partial charge on any atom is 0.244 e. The van der Waals surface area contributed by atoms with Gasteiger partial charge in [-0.2, -0.15) is 0 Å². The molecule has 1 fully saturated rings. The minimum atomic E-state index is -0.469. The number of anilines is 1. The van der Waals surface area contributed by atoms with Crippen molar-refractivity contribution < 1.29 is 14.0 Å². The number of nitrogens with one attached hydrogen (secondary N) is 1. The van der Waals surface area contributed by atoms with E-state index in [1.165, 1.54) is 12.1 Å². The van der Waals surface area contributed by atoms with Crippen molar-refractivity contribution in [3.8, 4) is 0 Å². The van der Waals surface area contributed by atoms with Crippen molar-refractivity contribution in [3.63, 3.8) is 0 Å². The van der Waals surface area contributed by atoms with Crippen molar-refractivity contribution in [2.45, 2.75) is 18.9 Å². The van der Waals surface area contributed by atoms with Crippen LogP contribution >= 0.6 is 0 Å². The van der Waals surface area contributed by atoms with Gasteiger partial charge in [-0.3, -0.25) is 9.59 Å². The molecule has 0 aromatic heterocycles. The third-order valence-electron chi connectivity index (χ3n) is 4.53. The molecule has 2 amide bonds. The molecule has 24 heavy (non-hydrogen) atoms. The van der Waals surface area contributed by atoms with Gasteiger partial charge in [-0.15, -0.1) is 0 Å². The standard InChI is InChI=1S/C19H17FN2O2/c20-14-8-9-16-15(10-14)18(12-4-2-1-3-5-12)22(11-17(23)21-16)19(24)13-6-7-13/h1-5,8-10,13,18H,6-7,11H2,(H,21,23)/t18-/m0/s1. The third kappa shape index (κ3) is 2.66. The number of hydrogen-bond acceptors (Lipinski definition) is 2. The van der Waals surface area contributed by atoms with E-state index >= 15 is 0 Å². The molecule has 1 atom stereocenters. The number of benzene rings is 2. The van der Waals surface area contributed by atoms with Gasteiger partial charge in [0.2, 0.25) is 11.8 Å². The van der Waals surface area contributed by atoms with E-state index < -0.39 is 6.04 Å². The number of fused-ring (bicyclic) bond motifs is 1. The molecular weight excluding hydrogens is 307 g/mol. The first-order chi connectivity index (χ1) is 11.6. The van der Waals surface area contributed by atoms with E-state index in [4.69, 9.17) is 0 Å². The zero-order valence-electron chi connectivity index (χ0n) is 13.0. The Labute approximate surface area is 139 Å². The fraction of sp³-hybridized carbons (Fsp3) is 0.263. The second-order valence-electron chi connectivity index (χ2n) is 6.33. The molecular formula is C19H17FN2O2. The largest absolute Gasteiger partial charge is 0.324 e. The highest BCUT2D eigenvalue weighted by Crippen LogP contribution is 2.40. The van der Waals surface area contributed by atoms with Crippen molar-refractivity contribution in [3.05, 3.63) is 65.5 Å². The summed E-state index contributed by atoms with van der Waals surface area (Å²) in [6.45, 7) is -0.0226. The number of rotatable bonds is 2. The molecule has 0 saturated heterocycles. The second-order valence-corrected chi connectivity index (χ2v) is 6.33. The van der Waals surface area contributed by atoms with Crippen LogP contribution in [0.2, 0.25) is 0 Å². The van der Waals surface area contributed by atoms with Crippen LogP contribution in [0.15, 0.2) is 48.5 Å². The van der Waals surface area contributed by atoms with Gasteiger partial charge >= 0.3 is 0 Å². The van der Waals surface area contributed by atoms with E-state index in [1.807, 2.05) is 30.3 Å². The minimum Gasteiger partial charge on any atom is -0.324 e. The van der Waals surface area contributed by atoms with Gasteiger partial charge in [0.1, 0.15) is 12.4 Å². The van der Waals surface area contributed by atoms with Crippen LogP contribution in [0.1, 0.15) is 30.0 Å². The second kappa shape index (κ2) is 5.74. The highest BCUT2D eigenvalue weighted by Gasteiger charge is 2.40. The molecule has 0 bridgehead atoms. The molecule has 5 heteroatoms. The number of carbonyl (C=O) groups excluding carboxylic acids is 2. The van der Waals surface area contributed by atoms with Crippen LogP contribution in [0, 0.1) is 11.7 Å². The number of nitrogens with zero attached hydrogens (tertiary/aromatic N) is 1. The molecule has 0 unspecified atom stereocenters. The zero-order chi connectivity index (χ0) is 16.7. The van der Waals surface area contributed by atoms with Crippen LogP contribution in [-0.2, 0) is 9.59 Å². The first-order valence-corrected chi connectivity index (χ1v) is 8.08. The Morgan fingerprint density at radius 1 is 1.12 bits per heavy atom. The average Bonchev–Trinajstić information content (AvgIpc) is 3.42. The molecule has 2 aromatic carbocycles. The Bertz CT molecular complexity index is 802. The number of carbonyl (C=O) groups is 2. The van der Waals surface area contributed by atoms with Crippen molar-refractivity contribution in [1.29, 1.82) is 0 Å². The first kappa shape index (κ1) is 14.9. The number of halogens is 1. The summed E-state index contributed by atoms with van der Waals surface area (Å²) in [7, 11) is 0. The summed E-state index contributed by atoms with van der Waals surface area (Å²) >= 11 is 0. The molecule has 4 rings (SSSR count). The van der Waals surface area contributed by atoms with Crippen molar-refractivity contribution in [1.82, 2.24) is 4.90 Å².